The summed E-state index contributed by atoms with van der Waals surface area (Å²) in [5.74, 6) is 1.32. The van der Waals surface area contributed by atoms with Gasteiger partial charge in [-0.2, -0.15) is 0 Å². The van der Waals surface area contributed by atoms with E-state index >= 15 is 0 Å². The van der Waals surface area contributed by atoms with Gasteiger partial charge in [0, 0.05) is 12.2 Å². The highest BCUT2D eigenvalue weighted by atomic mass is 32.1. The van der Waals surface area contributed by atoms with Crippen molar-refractivity contribution in [2.45, 2.75) is 26.9 Å². The molecule has 8 heteroatoms. The maximum atomic E-state index is 12.8. The summed E-state index contributed by atoms with van der Waals surface area (Å²) in [6.45, 7) is 4.99. The third kappa shape index (κ3) is 2.56. The number of thiazole rings is 1. The second-order valence-electron chi connectivity index (χ2n) is 6.59. The summed E-state index contributed by atoms with van der Waals surface area (Å²) < 4.78 is 4.77. The molecular weight excluding hydrogens is 372 g/mol. The number of para-hydroxylation sites is 1. The highest BCUT2D eigenvalue weighted by Gasteiger charge is 2.15. The van der Waals surface area contributed by atoms with Crippen LogP contribution in [-0.4, -0.2) is 24.1 Å². The molecule has 2 aromatic carbocycles. The molecule has 0 spiro atoms. The minimum absolute atomic E-state index is 0.0384. The van der Waals surface area contributed by atoms with Crippen LogP contribution in [0.25, 0.3) is 26.9 Å². The number of nitrogens with zero attached hydrogens (tertiary/aromatic N) is 5. The van der Waals surface area contributed by atoms with E-state index in [0.717, 1.165) is 32.3 Å². The first-order valence-electron chi connectivity index (χ1n) is 9.12. The van der Waals surface area contributed by atoms with E-state index in [9.17, 15) is 4.79 Å². The van der Waals surface area contributed by atoms with Crippen molar-refractivity contribution in [3.8, 4) is 0 Å². The SMILES string of the molecule is CCn1c(=O)c2ccccc2n2c(CNc3ccc4nc(C)sc4c3)nnc12. The number of hydrogen-bond acceptors (Lipinski definition) is 6. The molecule has 0 saturated carbocycles. The Bertz CT molecular complexity index is 1400. The smallest absolute Gasteiger partial charge is 0.262 e. The molecule has 0 aliphatic heterocycles. The predicted molar refractivity (Wildman–Crippen MR) is 112 cm³/mol. The molecule has 0 fully saturated rings. The molecule has 0 radical (unpaired) electrons. The van der Waals surface area contributed by atoms with Gasteiger partial charge in [0.2, 0.25) is 5.78 Å². The van der Waals surface area contributed by atoms with Gasteiger partial charge in [-0.3, -0.25) is 13.8 Å². The van der Waals surface area contributed by atoms with E-state index < -0.39 is 0 Å². The zero-order valence-corrected chi connectivity index (χ0v) is 16.3. The first kappa shape index (κ1) is 16.9. The number of hydrogen-bond donors (Lipinski definition) is 1. The van der Waals surface area contributed by atoms with Crippen molar-refractivity contribution < 1.29 is 0 Å². The molecule has 28 heavy (non-hydrogen) atoms. The Hall–Kier alpha value is -3.26. The molecule has 5 aromatic rings. The molecule has 0 aliphatic carbocycles. The quantitative estimate of drug-likeness (QED) is 0.507. The number of fused-ring (bicyclic) bond motifs is 4. The van der Waals surface area contributed by atoms with Crippen LogP contribution < -0.4 is 10.9 Å². The summed E-state index contributed by atoms with van der Waals surface area (Å²) in [6.07, 6.45) is 0. The number of aryl methyl sites for hydroxylation is 2. The van der Waals surface area contributed by atoms with Gasteiger partial charge in [-0.1, -0.05) is 12.1 Å². The van der Waals surface area contributed by atoms with Crippen LogP contribution in [0.15, 0.2) is 47.3 Å². The van der Waals surface area contributed by atoms with Gasteiger partial charge < -0.3 is 5.32 Å². The molecule has 0 atom stereocenters. The van der Waals surface area contributed by atoms with E-state index in [-0.39, 0.29) is 5.56 Å². The Balaban J connectivity index is 1.59. The van der Waals surface area contributed by atoms with Gasteiger partial charge in [-0.25, -0.2) is 4.98 Å². The summed E-state index contributed by atoms with van der Waals surface area (Å²) in [5.41, 5.74) is 2.80. The Morgan fingerprint density at radius 3 is 2.86 bits per heavy atom. The molecular formula is C20H18N6OS. The zero-order chi connectivity index (χ0) is 19.3. The fourth-order valence-electron chi connectivity index (χ4n) is 3.54. The molecule has 5 rings (SSSR count). The van der Waals surface area contributed by atoms with Gasteiger partial charge in [0.05, 0.1) is 32.7 Å². The summed E-state index contributed by atoms with van der Waals surface area (Å²) >= 11 is 1.68. The minimum atomic E-state index is -0.0384. The number of rotatable bonds is 4. The Morgan fingerprint density at radius 2 is 2.00 bits per heavy atom. The molecule has 140 valence electrons. The van der Waals surface area contributed by atoms with Crippen molar-refractivity contribution in [2.24, 2.45) is 0 Å². The second kappa shape index (κ2) is 6.42. The summed E-state index contributed by atoms with van der Waals surface area (Å²) in [5, 5.41) is 13.8. The van der Waals surface area contributed by atoms with Crippen LogP contribution in [0.4, 0.5) is 5.69 Å². The van der Waals surface area contributed by atoms with Crippen molar-refractivity contribution in [2.75, 3.05) is 5.32 Å². The Kier molecular flexibility index (Phi) is 3.87. The lowest BCUT2D eigenvalue weighted by molar-refractivity contribution is 0.734. The predicted octanol–water partition coefficient (Wildman–Crippen LogP) is 3.59. The number of benzene rings is 2. The molecule has 0 unspecified atom stereocenters. The molecule has 0 aliphatic rings. The van der Waals surface area contributed by atoms with Crippen LogP contribution in [0, 0.1) is 6.92 Å². The van der Waals surface area contributed by atoms with E-state index in [1.807, 2.05) is 54.6 Å². The van der Waals surface area contributed by atoms with Crippen molar-refractivity contribution in [1.82, 2.24) is 24.1 Å². The van der Waals surface area contributed by atoms with Crippen molar-refractivity contribution in [3.63, 3.8) is 0 Å². The fraction of sp³-hybridized carbons (Fsp3) is 0.200. The Morgan fingerprint density at radius 1 is 1.14 bits per heavy atom. The lowest BCUT2D eigenvalue weighted by atomic mass is 10.2. The zero-order valence-electron chi connectivity index (χ0n) is 15.5. The summed E-state index contributed by atoms with van der Waals surface area (Å²) in [7, 11) is 0. The molecule has 3 aromatic heterocycles. The van der Waals surface area contributed by atoms with Gasteiger partial charge in [-0.15, -0.1) is 21.5 Å². The molecule has 7 nitrogen and oxygen atoms in total. The van der Waals surface area contributed by atoms with Gasteiger partial charge in [0.25, 0.3) is 5.56 Å². The van der Waals surface area contributed by atoms with E-state index in [4.69, 9.17) is 0 Å². The molecule has 3 heterocycles. The highest BCUT2D eigenvalue weighted by Crippen LogP contribution is 2.25. The van der Waals surface area contributed by atoms with Crippen LogP contribution in [0.3, 0.4) is 0 Å². The lowest BCUT2D eigenvalue weighted by Gasteiger charge is -2.10. The molecule has 0 amide bonds. The summed E-state index contributed by atoms with van der Waals surface area (Å²) in [6, 6.07) is 13.7. The Labute approximate surface area is 164 Å². The van der Waals surface area contributed by atoms with Crippen LogP contribution in [-0.2, 0) is 13.1 Å². The third-order valence-electron chi connectivity index (χ3n) is 4.84. The summed E-state index contributed by atoms with van der Waals surface area (Å²) in [4.78, 5) is 17.2. The standard InChI is InChI=1S/C20H18N6OS/c1-3-25-19(27)14-6-4-5-7-16(14)26-18(23-24-20(25)26)11-21-13-8-9-15-17(10-13)28-12(2)22-15/h4-10,21H,3,11H2,1-2H3. The van der Waals surface area contributed by atoms with Gasteiger partial charge in [-0.05, 0) is 44.2 Å². The molecule has 1 N–H and O–H groups in total. The number of nitrogens with one attached hydrogen (secondary N) is 1. The second-order valence-corrected chi connectivity index (χ2v) is 7.82. The van der Waals surface area contributed by atoms with Crippen molar-refractivity contribution >= 4 is 43.9 Å². The van der Waals surface area contributed by atoms with E-state index in [1.54, 1.807) is 15.9 Å². The van der Waals surface area contributed by atoms with E-state index in [0.29, 0.717) is 24.3 Å². The number of anilines is 1. The van der Waals surface area contributed by atoms with Crippen LogP contribution in [0.2, 0.25) is 0 Å². The van der Waals surface area contributed by atoms with Crippen LogP contribution >= 0.6 is 11.3 Å². The first-order chi connectivity index (χ1) is 13.7. The van der Waals surface area contributed by atoms with Crippen LogP contribution in [0.5, 0.6) is 0 Å². The monoisotopic (exact) mass is 390 g/mol. The topological polar surface area (TPSA) is 77.1 Å². The highest BCUT2D eigenvalue weighted by molar-refractivity contribution is 7.18. The van der Waals surface area contributed by atoms with Crippen molar-refractivity contribution in [3.05, 3.63) is 63.7 Å². The third-order valence-corrected chi connectivity index (χ3v) is 5.77. The normalized spacial score (nSPS) is 11.6. The fourth-order valence-corrected chi connectivity index (χ4v) is 4.41. The van der Waals surface area contributed by atoms with Gasteiger partial charge >= 0.3 is 0 Å². The lowest BCUT2D eigenvalue weighted by Crippen LogP contribution is -2.22. The van der Waals surface area contributed by atoms with Crippen molar-refractivity contribution in [1.29, 1.82) is 0 Å². The largest absolute Gasteiger partial charge is 0.378 e. The maximum absolute atomic E-state index is 12.8. The van der Waals surface area contributed by atoms with E-state index in [1.165, 1.54) is 0 Å². The molecule has 0 bridgehead atoms. The first-order valence-corrected chi connectivity index (χ1v) is 9.94. The van der Waals surface area contributed by atoms with E-state index in [2.05, 4.69) is 26.6 Å². The maximum Gasteiger partial charge on any atom is 0.262 e. The average molecular weight is 390 g/mol. The number of aromatic nitrogens is 5. The molecule has 0 saturated heterocycles. The van der Waals surface area contributed by atoms with Gasteiger partial charge in [0.15, 0.2) is 5.82 Å². The average Bonchev–Trinajstić information content (AvgIpc) is 3.29. The minimum Gasteiger partial charge on any atom is -0.378 e. The van der Waals surface area contributed by atoms with Crippen LogP contribution in [0.1, 0.15) is 17.8 Å². The van der Waals surface area contributed by atoms with Gasteiger partial charge in [0.1, 0.15) is 0 Å².